The fraction of sp³-hybridized carbons (Fsp3) is 0.571. The number of piperidine rings is 1. The predicted molar refractivity (Wildman–Crippen MR) is 70.2 cm³/mol. The smallest absolute Gasteiger partial charge is 0.142 e. The number of rotatable bonds is 2. The Balaban J connectivity index is 2.24. The van der Waals surface area contributed by atoms with Gasteiger partial charge in [-0.15, -0.1) is 0 Å². The van der Waals surface area contributed by atoms with E-state index in [0.29, 0.717) is 10.9 Å². The molecule has 1 aromatic carbocycles. The Kier molecular flexibility index (Phi) is 4.05. The fourth-order valence-electron chi connectivity index (χ4n) is 2.54. The molecular formula is C14H19ClFN. The Morgan fingerprint density at radius 2 is 2.24 bits per heavy atom. The van der Waals surface area contributed by atoms with Crippen LogP contribution in [0.25, 0.3) is 0 Å². The molecule has 0 bridgehead atoms. The van der Waals surface area contributed by atoms with Crippen LogP contribution in [0, 0.1) is 25.6 Å². The number of benzene rings is 1. The first-order valence-corrected chi connectivity index (χ1v) is 6.62. The van der Waals surface area contributed by atoms with Gasteiger partial charge in [-0.05, 0) is 74.9 Å². The van der Waals surface area contributed by atoms with Crippen LogP contribution in [0.1, 0.15) is 29.5 Å². The molecule has 0 radical (unpaired) electrons. The second-order valence-electron chi connectivity index (χ2n) is 5.01. The molecule has 1 aliphatic rings. The van der Waals surface area contributed by atoms with Gasteiger partial charge in [0.05, 0.1) is 5.02 Å². The molecule has 0 saturated carbocycles. The van der Waals surface area contributed by atoms with Crippen molar-refractivity contribution in [2.75, 3.05) is 13.1 Å². The van der Waals surface area contributed by atoms with Gasteiger partial charge in [-0.1, -0.05) is 11.6 Å². The summed E-state index contributed by atoms with van der Waals surface area (Å²) in [5, 5.41) is 3.70. The van der Waals surface area contributed by atoms with Crippen molar-refractivity contribution in [3.05, 3.63) is 33.6 Å². The Bertz CT molecular complexity index is 385. The Morgan fingerprint density at radius 1 is 1.47 bits per heavy atom. The Hall–Kier alpha value is -0.600. The van der Waals surface area contributed by atoms with Gasteiger partial charge in [-0.2, -0.15) is 0 Å². The fourth-order valence-corrected chi connectivity index (χ4v) is 2.81. The molecule has 94 valence electrons. The van der Waals surface area contributed by atoms with E-state index in [1.807, 2.05) is 13.8 Å². The highest BCUT2D eigenvalue weighted by Gasteiger charge is 2.18. The first-order valence-electron chi connectivity index (χ1n) is 6.24. The maximum Gasteiger partial charge on any atom is 0.142 e. The zero-order chi connectivity index (χ0) is 12.4. The topological polar surface area (TPSA) is 12.0 Å². The maximum absolute atomic E-state index is 13.6. The summed E-state index contributed by atoms with van der Waals surface area (Å²) >= 11 is 6.09. The zero-order valence-electron chi connectivity index (χ0n) is 10.4. The molecule has 17 heavy (non-hydrogen) atoms. The van der Waals surface area contributed by atoms with Gasteiger partial charge in [-0.3, -0.25) is 0 Å². The molecule has 0 aliphatic carbocycles. The lowest BCUT2D eigenvalue weighted by molar-refractivity contribution is 0.375. The van der Waals surface area contributed by atoms with Crippen LogP contribution in [0.15, 0.2) is 6.07 Å². The van der Waals surface area contributed by atoms with E-state index in [9.17, 15) is 4.39 Å². The van der Waals surface area contributed by atoms with Gasteiger partial charge in [0.25, 0.3) is 0 Å². The minimum absolute atomic E-state index is 0.284. The average molecular weight is 256 g/mol. The largest absolute Gasteiger partial charge is 0.316 e. The van der Waals surface area contributed by atoms with Gasteiger partial charge in [0.1, 0.15) is 5.82 Å². The van der Waals surface area contributed by atoms with Crippen molar-refractivity contribution in [1.82, 2.24) is 5.32 Å². The molecule has 1 aromatic rings. The summed E-state index contributed by atoms with van der Waals surface area (Å²) < 4.78 is 13.6. The third-order valence-electron chi connectivity index (χ3n) is 3.75. The summed E-state index contributed by atoms with van der Waals surface area (Å²) in [4.78, 5) is 0. The minimum Gasteiger partial charge on any atom is -0.316 e. The Morgan fingerprint density at radius 3 is 2.88 bits per heavy atom. The molecular weight excluding hydrogens is 237 g/mol. The quantitative estimate of drug-likeness (QED) is 0.851. The molecule has 1 saturated heterocycles. The summed E-state index contributed by atoms with van der Waals surface area (Å²) in [5.74, 6) is 0.301. The highest BCUT2D eigenvalue weighted by molar-refractivity contribution is 6.31. The average Bonchev–Trinajstić information content (AvgIpc) is 2.33. The van der Waals surface area contributed by atoms with Gasteiger partial charge < -0.3 is 5.32 Å². The van der Waals surface area contributed by atoms with Crippen molar-refractivity contribution < 1.29 is 4.39 Å². The van der Waals surface area contributed by atoms with Crippen molar-refractivity contribution in [3.63, 3.8) is 0 Å². The summed E-state index contributed by atoms with van der Waals surface area (Å²) in [6.45, 7) is 6.10. The minimum atomic E-state index is -0.284. The molecule has 2 rings (SSSR count). The highest BCUT2D eigenvalue weighted by Crippen LogP contribution is 2.29. The van der Waals surface area contributed by atoms with E-state index >= 15 is 0 Å². The monoisotopic (exact) mass is 255 g/mol. The number of hydrogen-bond donors (Lipinski definition) is 1. The molecule has 1 nitrogen and oxygen atoms in total. The first kappa shape index (κ1) is 12.8. The zero-order valence-corrected chi connectivity index (χ0v) is 11.2. The van der Waals surface area contributed by atoms with E-state index in [1.54, 1.807) is 0 Å². The van der Waals surface area contributed by atoms with Crippen LogP contribution < -0.4 is 5.32 Å². The molecule has 1 N–H and O–H groups in total. The van der Waals surface area contributed by atoms with Gasteiger partial charge in [0.2, 0.25) is 0 Å². The van der Waals surface area contributed by atoms with E-state index < -0.39 is 0 Å². The number of aryl methyl sites for hydroxylation is 1. The molecule has 1 fully saturated rings. The number of nitrogens with one attached hydrogen (secondary N) is 1. The maximum atomic E-state index is 13.6. The number of hydrogen-bond acceptors (Lipinski definition) is 1. The predicted octanol–water partition coefficient (Wildman–Crippen LogP) is 3.64. The molecule has 1 atom stereocenters. The van der Waals surface area contributed by atoms with Crippen molar-refractivity contribution in [1.29, 1.82) is 0 Å². The van der Waals surface area contributed by atoms with Crippen LogP contribution in [-0.2, 0) is 6.42 Å². The standard InChI is InChI=1S/C14H19ClFN/c1-9-6-13(16)14(15)12(10(9)2)7-11-4-3-5-17-8-11/h6,11,17H,3-5,7-8H2,1-2H3. The van der Waals surface area contributed by atoms with Gasteiger partial charge in [0, 0.05) is 0 Å². The van der Waals surface area contributed by atoms with Crippen molar-refractivity contribution in [2.24, 2.45) is 5.92 Å². The normalized spacial score (nSPS) is 20.6. The van der Waals surface area contributed by atoms with Crippen LogP contribution in [0.2, 0.25) is 5.02 Å². The first-order chi connectivity index (χ1) is 8.09. The molecule has 0 amide bonds. The van der Waals surface area contributed by atoms with E-state index in [1.165, 1.54) is 18.9 Å². The van der Waals surface area contributed by atoms with Crippen LogP contribution in [0.3, 0.4) is 0 Å². The van der Waals surface area contributed by atoms with E-state index in [2.05, 4.69) is 5.32 Å². The van der Waals surface area contributed by atoms with E-state index in [4.69, 9.17) is 11.6 Å². The lowest BCUT2D eigenvalue weighted by Crippen LogP contribution is -2.31. The van der Waals surface area contributed by atoms with Crippen molar-refractivity contribution >= 4 is 11.6 Å². The third-order valence-corrected chi connectivity index (χ3v) is 4.16. The van der Waals surface area contributed by atoms with Crippen LogP contribution >= 0.6 is 11.6 Å². The molecule has 1 unspecified atom stereocenters. The van der Waals surface area contributed by atoms with Crippen LogP contribution in [-0.4, -0.2) is 13.1 Å². The summed E-state index contributed by atoms with van der Waals surface area (Å²) in [6, 6.07) is 1.53. The van der Waals surface area contributed by atoms with Gasteiger partial charge >= 0.3 is 0 Å². The Labute approximate surface area is 107 Å². The highest BCUT2D eigenvalue weighted by atomic mass is 35.5. The molecule has 0 aromatic heterocycles. The summed E-state index contributed by atoms with van der Waals surface area (Å²) in [7, 11) is 0. The lowest BCUT2D eigenvalue weighted by Gasteiger charge is -2.24. The summed E-state index contributed by atoms with van der Waals surface area (Å²) in [5.41, 5.74) is 3.13. The van der Waals surface area contributed by atoms with Crippen molar-refractivity contribution in [3.8, 4) is 0 Å². The molecule has 1 heterocycles. The van der Waals surface area contributed by atoms with Crippen LogP contribution in [0.5, 0.6) is 0 Å². The second kappa shape index (κ2) is 5.36. The molecule has 3 heteroatoms. The third kappa shape index (κ3) is 2.80. The van der Waals surface area contributed by atoms with E-state index in [-0.39, 0.29) is 5.82 Å². The molecule has 1 aliphatic heterocycles. The van der Waals surface area contributed by atoms with Gasteiger partial charge in [0.15, 0.2) is 0 Å². The lowest BCUT2D eigenvalue weighted by atomic mass is 9.89. The summed E-state index contributed by atoms with van der Waals surface area (Å²) in [6.07, 6.45) is 3.30. The second-order valence-corrected chi connectivity index (χ2v) is 5.39. The number of halogens is 2. The van der Waals surface area contributed by atoms with Gasteiger partial charge in [-0.25, -0.2) is 4.39 Å². The SMILES string of the molecule is Cc1cc(F)c(Cl)c(CC2CCCNC2)c1C. The van der Waals surface area contributed by atoms with Crippen LogP contribution in [0.4, 0.5) is 4.39 Å². The van der Waals surface area contributed by atoms with E-state index in [0.717, 1.165) is 36.2 Å². The van der Waals surface area contributed by atoms with Crippen molar-refractivity contribution in [2.45, 2.75) is 33.1 Å². The molecule has 0 spiro atoms.